The number of carbonyl (C=O) groups is 1. The van der Waals surface area contributed by atoms with Gasteiger partial charge in [-0.05, 0) is 24.1 Å². The summed E-state index contributed by atoms with van der Waals surface area (Å²) in [6.45, 7) is 2.09. The van der Waals surface area contributed by atoms with E-state index < -0.39 is 6.09 Å². The van der Waals surface area contributed by atoms with Crippen molar-refractivity contribution in [3.05, 3.63) is 54.4 Å². The highest BCUT2D eigenvalue weighted by Crippen LogP contribution is 2.12. The zero-order valence-electron chi connectivity index (χ0n) is 11.1. The molecule has 0 fully saturated rings. The molecule has 1 aromatic carbocycles. The average molecular weight is 257 g/mol. The van der Waals surface area contributed by atoms with Crippen LogP contribution in [0.2, 0.25) is 0 Å². The summed E-state index contributed by atoms with van der Waals surface area (Å²) in [5.74, 6) is 0.515. The summed E-state index contributed by atoms with van der Waals surface area (Å²) >= 11 is 0. The first-order chi connectivity index (χ1) is 9.17. The van der Waals surface area contributed by atoms with Crippen LogP contribution in [0.5, 0.6) is 5.75 Å². The lowest BCUT2D eigenvalue weighted by atomic mass is 10.1. The Morgan fingerprint density at radius 1 is 1.16 bits per heavy atom. The Hall–Kier alpha value is -2.36. The first-order valence-corrected chi connectivity index (χ1v) is 6.20. The van der Waals surface area contributed by atoms with Gasteiger partial charge in [0, 0.05) is 17.8 Å². The summed E-state index contributed by atoms with van der Waals surface area (Å²) in [5, 5.41) is 2.69. The second-order valence-corrected chi connectivity index (χ2v) is 4.26. The maximum atomic E-state index is 11.7. The normalized spacial score (nSPS) is 10.0. The van der Waals surface area contributed by atoms with Crippen molar-refractivity contribution in [2.45, 2.75) is 13.3 Å². The van der Waals surface area contributed by atoms with Gasteiger partial charge in [0.1, 0.15) is 12.8 Å². The number of ether oxygens (including phenoxy) is 1. The molecule has 1 aromatic heterocycles. The van der Waals surface area contributed by atoms with Crippen LogP contribution in [0.4, 0.5) is 10.5 Å². The highest BCUT2D eigenvalue weighted by Gasteiger charge is 2.06. The molecule has 2 aromatic rings. The molecule has 4 nitrogen and oxygen atoms in total. The molecular weight excluding hydrogens is 240 g/mol. The van der Waals surface area contributed by atoms with E-state index in [1.807, 2.05) is 48.3 Å². The molecule has 0 bridgehead atoms. The second kappa shape index (κ2) is 6.00. The Morgan fingerprint density at radius 3 is 2.37 bits per heavy atom. The van der Waals surface area contributed by atoms with Gasteiger partial charge in [0.15, 0.2) is 12.4 Å². The predicted octanol–water partition coefficient (Wildman–Crippen LogP) is 2.68. The van der Waals surface area contributed by atoms with E-state index in [2.05, 4.69) is 12.2 Å². The van der Waals surface area contributed by atoms with Crippen LogP contribution in [0.25, 0.3) is 0 Å². The summed E-state index contributed by atoms with van der Waals surface area (Å²) in [4.78, 5) is 11.7. The summed E-state index contributed by atoms with van der Waals surface area (Å²) in [5.41, 5.74) is 1.96. The number of benzene rings is 1. The zero-order chi connectivity index (χ0) is 13.7. The van der Waals surface area contributed by atoms with Gasteiger partial charge < -0.3 is 4.74 Å². The van der Waals surface area contributed by atoms with E-state index in [1.165, 1.54) is 5.56 Å². The quantitative estimate of drug-likeness (QED) is 0.859. The number of aryl methyl sites for hydroxylation is 2. The van der Waals surface area contributed by atoms with Crippen molar-refractivity contribution < 1.29 is 14.1 Å². The highest BCUT2D eigenvalue weighted by molar-refractivity contribution is 5.86. The Morgan fingerprint density at radius 2 is 1.79 bits per heavy atom. The van der Waals surface area contributed by atoms with Crippen LogP contribution < -0.4 is 14.6 Å². The van der Waals surface area contributed by atoms with E-state index in [0.29, 0.717) is 5.75 Å². The van der Waals surface area contributed by atoms with Crippen LogP contribution in [-0.2, 0) is 13.5 Å². The van der Waals surface area contributed by atoms with Gasteiger partial charge in [-0.2, -0.15) is 0 Å². The molecule has 0 saturated heterocycles. The molecule has 0 spiro atoms. The maximum Gasteiger partial charge on any atom is 0.417 e. The van der Waals surface area contributed by atoms with E-state index in [9.17, 15) is 4.79 Å². The van der Waals surface area contributed by atoms with E-state index in [4.69, 9.17) is 4.74 Å². The third kappa shape index (κ3) is 3.81. The van der Waals surface area contributed by atoms with Crippen molar-refractivity contribution in [3.8, 4) is 5.75 Å². The molecule has 0 aliphatic rings. The molecule has 2 rings (SSSR count). The minimum Gasteiger partial charge on any atom is -0.410 e. The molecule has 1 N–H and O–H groups in total. The van der Waals surface area contributed by atoms with Gasteiger partial charge in [-0.3, -0.25) is 5.32 Å². The number of anilines is 1. The number of hydrogen-bond donors (Lipinski definition) is 1. The molecule has 1 amide bonds. The lowest BCUT2D eigenvalue weighted by Gasteiger charge is -2.06. The molecule has 98 valence electrons. The average Bonchev–Trinajstić information content (AvgIpc) is 2.42. The molecule has 0 radical (unpaired) electrons. The minimum absolute atomic E-state index is 0.488. The van der Waals surface area contributed by atoms with Gasteiger partial charge in [-0.15, -0.1) is 0 Å². The molecular formula is C15H17N2O2+. The molecule has 0 saturated carbocycles. The molecule has 0 aliphatic carbocycles. The van der Waals surface area contributed by atoms with Gasteiger partial charge in [0.2, 0.25) is 0 Å². The van der Waals surface area contributed by atoms with Crippen LogP contribution >= 0.6 is 0 Å². The van der Waals surface area contributed by atoms with Crippen LogP contribution in [0, 0.1) is 0 Å². The first kappa shape index (κ1) is 13.1. The Bertz CT molecular complexity index is 547. The molecule has 4 heteroatoms. The first-order valence-electron chi connectivity index (χ1n) is 6.20. The van der Waals surface area contributed by atoms with Crippen molar-refractivity contribution in [1.29, 1.82) is 0 Å². The fourth-order valence-corrected chi connectivity index (χ4v) is 1.63. The highest BCUT2D eigenvalue weighted by atomic mass is 16.6. The third-order valence-corrected chi connectivity index (χ3v) is 2.77. The standard InChI is InChI=1S/C15H16N2O2/c1-3-12-4-6-13(7-5-12)16-15(18)19-14-8-10-17(2)11-9-14/h4-11H,3H2,1-2H3/p+1. The lowest BCUT2D eigenvalue weighted by Crippen LogP contribution is -2.26. The van der Waals surface area contributed by atoms with Crippen molar-refractivity contribution >= 4 is 11.8 Å². The number of nitrogens with zero attached hydrogens (tertiary/aromatic N) is 1. The van der Waals surface area contributed by atoms with Gasteiger partial charge in [-0.25, -0.2) is 9.36 Å². The summed E-state index contributed by atoms with van der Waals surface area (Å²) < 4.78 is 7.04. The molecule has 0 atom stereocenters. The Kier molecular flexibility index (Phi) is 4.13. The SMILES string of the molecule is CCc1ccc(NC(=O)Oc2cc[n+](C)cc2)cc1. The summed E-state index contributed by atoms with van der Waals surface area (Å²) in [6.07, 6.45) is 4.13. The van der Waals surface area contributed by atoms with Crippen molar-refractivity contribution in [2.24, 2.45) is 7.05 Å². The van der Waals surface area contributed by atoms with Crippen molar-refractivity contribution in [1.82, 2.24) is 0 Å². The van der Waals surface area contributed by atoms with E-state index in [1.54, 1.807) is 12.1 Å². The molecule has 19 heavy (non-hydrogen) atoms. The number of pyridine rings is 1. The Labute approximate surface area is 112 Å². The lowest BCUT2D eigenvalue weighted by molar-refractivity contribution is -0.671. The second-order valence-electron chi connectivity index (χ2n) is 4.26. The van der Waals surface area contributed by atoms with E-state index >= 15 is 0 Å². The summed E-state index contributed by atoms with van der Waals surface area (Å²) in [7, 11) is 1.90. The predicted molar refractivity (Wildman–Crippen MR) is 73.1 cm³/mol. The number of nitrogens with one attached hydrogen (secondary N) is 1. The molecule has 1 heterocycles. The largest absolute Gasteiger partial charge is 0.417 e. The summed E-state index contributed by atoms with van der Waals surface area (Å²) in [6, 6.07) is 11.2. The molecule has 0 unspecified atom stereocenters. The van der Waals surface area contributed by atoms with Gasteiger partial charge in [0.05, 0.1) is 0 Å². The topological polar surface area (TPSA) is 42.2 Å². The van der Waals surface area contributed by atoms with Crippen LogP contribution in [0.3, 0.4) is 0 Å². The maximum absolute atomic E-state index is 11.7. The van der Waals surface area contributed by atoms with Gasteiger partial charge in [0.25, 0.3) is 0 Å². The van der Waals surface area contributed by atoms with Crippen LogP contribution in [0.1, 0.15) is 12.5 Å². The number of amides is 1. The number of aromatic nitrogens is 1. The van der Waals surface area contributed by atoms with Crippen molar-refractivity contribution in [3.63, 3.8) is 0 Å². The smallest absolute Gasteiger partial charge is 0.410 e. The van der Waals surface area contributed by atoms with Gasteiger partial charge in [-0.1, -0.05) is 19.1 Å². The fourth-order valence-electron chi connectivity index (χ4n) is 1.63. The third-order valence-electron chi connectivity index (χ3n) is 2.77. The monoisotopic (exact) mass is 257 g/mol. The Balaban J connectivity index is 1.95. The fraction of sp³-hybridized carbons (Fsp3) is 0.200. The molecule has 0 aliphatic heterocycles. The zero-order valence-corrected chi connectivity index (χ0v) is 11.1. The number of rotatable bonds is 3. The van der Waals surface area contributed by atoms with Crippen LogP contribution in [-0.4, -0.2) is 6.09 Å². The minimum atomic E-state index is -0.488. The van der Waals surface area contributed by atoms with Crippen LogP contribution in [0.15, 0.2) is 48.8 Å². The number of carbonyl (C=O) groups excluding carboxylic acids is 1. The van der Waals surface area contributed by atoms with Gasteiger partial charge >= 0.3 is 6.09 Å². The van der Waals surface area contributed by atoms with E-state index in [-0.39, 0.29) is 0 Å². The van der Waals surface area contributed by atoms with E-state index in [0.717, 1.165) is 12.1 Å². The van der Waals surface area contributed by atoms with Crippen molar-refractivity contribution in [2.75, 3.05) is 5.32 Å². The number of hydrogen-bond acceptors (Lipinski definition) is 2.